The van der Waals surface area contributed by atoms with E-state index in [1.165, 1.54) is 24.1 Å². The SMILES string of the molecule is CCCNCc1cc(Cl)ccc1N(CCC)CCC. The molecule has 0 saturated carbocycles. The summed E-state index contributed by atoms with van der Waals surface area (Å²) in [4.78, 5) is 2.47. The third kappa shape index (κ3) is 5.42. The Labute approximate surface area is 123 Å². The average molecular weight is 283 g/mol. The van der Waals surface area contributed by atoms with Gasteiger partial charge < -0.3 is 10.2 Å². The molecule has 2 nitrogen and oxygen atoms in total. The maximum atomic E-state index is 6.14. The summed E-state index contributed by atoms with van der Waals surface area (Å²) >= 11 is 6.14. The van der Waals surface area contributed by atoms with Crippen LogP contribution in [0.25, 0.3) is 0 Å². The first-order valence-corrected chi connectivity index (χ1v) is 7.84. The first-order chi connectivity index (χ1) is 9.22. The first kappa shape index (κ1) is 16.3. The molecule has 0 aliphatic rings. The molecule has 0 aliphatic heterocycles. The van der Waals surface area contributed by atoms with Crippen LogP contribution in [0.5, 0.6) is 0 Å². The summed E-state index contributed by atoms with van der Waals surface area (Å²) in [5.41, 5.74) is 2.64. The molecule has 1 N–H and O–H groups in total. The monoisotopic (exact) mass is 282 g/mol. The van der Waals surface area contributed by atoms with Crippen LogP contribution < -0.4 is 10.2 Å². The number of hydrogen-bond acceptors (Lipinski definition) is 2. The lowest BCUT2D eigenvalue weighted by Gasteiger charge is -2.26. The molecule has 1 aromatic rings. The normalized spacial score (nSPS) is 10.7. The molecule has 0 spiro atoms. The van der Waals surface area contributed by atoms with Crippen LogP contribution in [0.4, 0.5) is 5.69 Å². The van der Waals surface area contributed by atoms with Gasteiger partial charge in [0.25, 0.3) is 0 Å². The fraction of sp³-hybridized carbons (Fsp3) is 0.625. The van der Waals surface area contributed by atoms with Crippen LogP contribution >= 0.6 is 11.6 Å². The Morgan fingerprint density at radius 1 is 1.05 bits per heavy atom. The van der Waals surface area contributed by atoms with Crippen molar-refractivity contribution in [3.05, 3.63) is 28.8 Å². The van der Waals surface area contributed by atoms with Gasteiger partial charge in [0.2, 0.25) is 0 Å². The molecular formula is C16H27ClN2. The second kappa shape index (κ2) is 9.22. The Morgan fingerprint density at radius 2 is 1.74 bits per heavy atom. The molecule has 1 rings (SSSR count). The largest absolute Gasteiger partial charge is 0.371 e. The van der Waals surface area contributed by atoms with Gasteiger partial charge in [-0.05, 0) is 49.6 Å². The predicted octanol–water partition coefficient (Wildman–Crippen LogP) is 4.47. The van der Waals surface area contributed by atoms with Gasteiger partial charge in [-0.3, -0.25) is 0 Å². The lowest BCUT2D eigenvalue weighted by Crippen LogP contribution is -2.27. The molecule has 0 saturated heterocycles. The van der Waals surface area contributed by atoms with E-state index in [4.69, 9.17) is 11.6 Å². The van der Waals surface area contributed by atoms with E-state index in [1.807, 2.05) is 6.07 Å². The van der Waals surface area contributed by atoms with Gasteiger partial charge in [-0.2, -0.15) is 0 Å². The van der Waals surface area contributed by atoms with Gasteiger partial charge in [0, 0.05) is 30.3 Å². The maximum absolute atomic E-state index is 6.14. The summed E-state index contributed by atoms with van der Waals surface area (Å²) in [6, 6.07) is 6.26. The van der Waals surface area contributed by atoms with E-state index in [9.17, 15) is 0 Å². The van der Waals surface area contributed by atoms with E-state index in [1.54, 1.807) is 0 Å². The van der Waals surface area contributed by atoms with E-state index in [0.29, 0.717) is 0 Å². The van der Waals surface area contributed by atoms with Crippen LogP contribution in [0.3, 0.4) is 0 Å². The number of nitrogens with one attached hydrogen (secondary N) is 1. The van der Waals surface area contributed by atoms with Gasteiger partial charge in [0.05, 0.1) is 0 Å². The number of benzene rings is 1. The van der Waals surface area contributed by atoms with Crippen molar-refractivity contribution < 1.29 is 0 Å². The van der Waals surface area contributed by atoms with Crippen LogP contribution in [0, 0.1) is 0 Å². The van der Waals surface area contributed by atoms with Crippen molar-refractivity contribution in [3.8, 4) is 0 Å². The lowest BCUT2D eigenvalue weighted by atomic mass is 10.1. The Balaban J connectivity index is 2.88. The van der Waals surface area contributed by atoms with Gasteiger partial charge in [-0.1, -0.05) is 32.4 Å². The minimum atomic E-state index is 0.824. The highest BCUT2D eigenvalue weighted by Gasteiger charge is 2.10. The maximum Gasteiger partial charge on any atom is 0.0412 e. The number of nitrogens with zero attached hydrogens (tertiary/aromatic N) is 1. The van der Waals surface area contributed by atoms with Gasteiger partial charge in [0.15, 0.2) is 0 Å². The first-order valence-electron chi connectivity index (χ1n) is 7.47. The summed E-state index contributed by atoms with van der Waals surface area (Å²) < 4.78 is 0. The molecule has 0 atom stereocenters. The predicted molar refractivity (Wildman–Crippen MR) is 86.2 cm³/mol. The Kier molecular flexibility index (Phi) is 7.92. The smallest absolute Gasteiger partial charge is 0.0412 e. The zero-order valence-electron chi connectivity index (χ0n) is 12.5. The molecule has 3 heteroatoms. The standard InChI is InChI=1S/C16H27ClN2/c1-4-9-18-13-14-12-15(17)7-8-16(14)19(10-5-2)11-6-3/h7-8,12,18H,4-6,9-11,13H2,1-3H3. The zero-order valence-corrected chi connectivity index (χ0v) is 13.3. The van der Waals surface area contributed by atoms with Crippen molar-refractivity contribution in [2.75, 3.05) is 24.5 Å². The fourth-order valence-electron chi connectivity index (χ4n) is 2.30. The van der Waals surface area contributed by atoms with Gasteiger partial charge in [-0.15, -0.1) is 0 Å². The van der Waals surface area contributed by atoms with Crippen LogP contribution in [0.2, 0.25) is 5.02 Å². The molecule has 0 aromatic heterocycles. The highest BCUT2D eigenvalue weighted by Crippen LogP contribution is 2.25. The van der Waals surface area contributed by atoms with Crippen molar-refractivity contribution in [2.45, 2.75) is 46.6 Å². The molecule has 1 aromatic carbocycles. The minimum Gasteiger partial charge on any atom is -0.371 e. The van der Waals surface area contributed by atoms with Crippen molar-refractivity contribution in [2.24, 2.45) is 0 Å². The quantitative estimate of drug-likeness (QED) is 0.673. The van der Waals surface area contributed by atoms with Crippen molar-refractivity contribution in [3.63, 3.8) is 0 Å². The number of rotatable bonds is 9. The third-order valence-electron chi connectivity index (χ3n) is 3.11. The average Bonchev–Trinajstić information content (AvgIpc) is 2.39. The van der Waals surface area contributed by atoms with Gasteiger partial charge in [0.1, 0.15) is 0 Å². The molecule has 0 amide bonds. The van der Waals surface area contributed by atoms with E-state index in [0.717, 1.165) is 37.6 Å². The Hall–Kier alpha value is -0.730. The van der Waals surface area contributed by atoms with Crippen molar-refractivity contribution in [1.82, 2.24) is 5.32 Å². The molecule has 0 radical (unpaired) electrons. The van der Waals surface area contributed by atoms with Crippen LogP contribution in [0.1, 0.15) is 45.6 Å². The van der Waals surface area contributed by atoms with E-state index < -0.39 is 0 Å². The third-order valence-corrected chi connectivity index (χ3v) is 3.35. The summed E-state index contributed by atoms with van der Waals surface area (Å²) in [6.45, 7) is 10.8. The summed E-state index contributed by atoms with van der Waals surface area (Å²) in [6.07, 6.45) is 3.50. The molecule has 0 unspecified atom stereocenters. The highest BCUT2D eigenvalue weighted by atomic mass is 35.5. The minimum absolute atomic E-state index is 0.824. The van der Waals surface area contributed by atoms with E-state index in [-0.39, 0.29) is 0 Å². The van der Waals surface area contributed by atoms with Gasteiger partial charge in [-0.25, -0.2) is 0 Å². The molecule has 0 aliphatic carbocycles. The second-order valence-electron chi connectivity index (χ2n) is 4.94. The second-order valence-corrected chi connectivity index (χ2v) is 5.37. The van der Waals surface area contributed by atoms with Crippen LogP contribution in [-0.4, -0.2) is 19.6 Å². The summed E-state index contributed by atoms with van der Waals surface area (Å²) in [5.74, 6) is 0. The van der Waals surface area contributed by atoms with E-state index in [2.05, 4.69) is 43.1 Å². The number of halogens is 1. The van der Waals surface area contributed by atoms with Crippen LogP contribution in [0.15, 0.2) is 18.2 Å². The molecule has 0 heterocycles. The van der Waals surface area contributed by atoms with Crippen LogP contribution in [-0.2, 0) is 6.54 Å². The zero-order chi connectivity index (χ0) is 14.1. The topological polar surface area (TPSA) is 15.3 Å². The Morgan fingerprint density at radius 3 is 2.32 bits per heavy atom. The lowest BCUT2D eigenvalue weighted by molar-refractivity contribution is 0.669. The molecule has 108 valence electrons. The number of hydrogen-bond donors (Lipinski definition) is 1. The molecule has 0 fully saturated rings. The molecule has 19 heavy (non-hydrogen) atoms. The summed E-state index contributed by atoms with van der Waals surface area (Å²) in [7, 11) is 0. The molecule has 0 bridgehead atoms. The fourth-order valence-corrected chi connectivity index (χ4v) is 2.49. The van der Waals surface area contributed by atoms with E-state index >= 15 is 0 Å². The van der Waals surface area contributed by atoms with Crippen molar-refractivity contribution in [1.29, 1.82) is 0 Å². The molecular weight excluding hydrogens is 256 g/mol. The van der Waals surface area contributed by atoms with Crippen molar-refractivity contribution >= 4 is 17.3 Å². The number of anilines is 1. The Bertz CT molecular complexity index is 360. The summed E-state index contributed by atoms with van der Waals surface area (Å²) in [5, 5.41) is 4.30. The highest BCUT2D eigenvalue weighted by molar-refractivity contribution is 6.30. The van der Waals surface area contributed by atoms with Gasteiger partial charge >= 0.3 is 0 Å².